The second kappa shape index (κ2) is 6.03. The van der Waals surface area contributed by atoms with Crippen molar-refractivity contribution in [1.29, 1.82) is 0 Å². The van der Waals surface area contributed by atoms with Crippen LogP contribution in [0.1, 0.15) is 18.5 Å². The smallest absolute Gasteiger partial charge is 0.226 e. The zero-order chi connectivity index (χ0) is 13.9. The standard InChI is InChI=1S/C14H16N2O2S2/c17-12(9-1-2-9)6-15-13(18)5-11-8-20-14(16-11)10-3-4-19-7-10/h3-4,7-9,12,17H,1-2,5-6H2,(H,15,18). The minimum atomic E-state index is -0.393. The second-order valence-corrected chi connectivity index (χ2v) is 6.68. The van der Waals surface area contributed by atoms with Crippen molar-refractivity contribution in [3.05, 3.63) is 27.9 Å². The zero-order valence-electron chi connectivity index (χ0n) is 10.9. The van der Waals surface area contributed by atoms with Gasteiger partial charge >= 0.3 is 0 Å². The van der Waals surface area contributed by atoms with Gasteiger partial charge in [-0.05, 0) is 30.2 Å². The number of nitrogens with zero attached hydrogens (tertiary/aromatic N) is 1. The number of aliphatic hydroxyl groups excluding tert-OH is 1. The third-order valence-corrected chi connectivity index (χ3v) is 4.96. The molecule has 1 unspecified atom stereocenters. The van der Waals surface area contributed by atoms with Crippen LogP contribution in [-0.4, -0.2) is 28.6 Å². The number of nitrogens with one attached hydrogen (secondary N) is 1. The van der Waals surface area contributed by atoms with E-state index >= 15 is 0 Å². The lowest BCUT2D eigenvalue weighted by molar-refractivity contribution is -0.121. The first-order valence-corrected chi connectivity index (χ1v) is 8.46. The lowest BCUT2D eigenvalue weighted by Gasteiger charge is -2.09. The molecule has 1 saturated carbocycles. The van der Waals surface area contributed by atoms with Crippen molar-refractivity contribution >= 4 is 28.6 Å². The number of amides is 1. The summed E-state index contributed by atoms with van der Waals surface area (Å²) in [6, 6.07) is 2.03. The van der Waals surface area contributed by atoms with Crippen molar-refractivity contribution in [2.24, 2.45) is 5.92 Å². The van der Waals surface area contributed by atoms with E-state index in [1.54, 1.807) is 22.7 Å². The third-order valence-electron chi connectivity index (χ3n) is 3.34. The molecule has 1 fully saturated rings. The molecule has 1 atom stereocenters. The molecular weight excluding hydrogens is 292 g/mol. The van der Waals surface area contributed by atoms with Crippen molar-refractivity contribution in [3.8, 4) is 10.6 Å². The van der Waals surface area contributed by atoms with Gasteiger partial charge in [-0.25, -0.2) is 4.98 Å². The molecule has 0 aliphatic heterocycles. The summed E-state index contributed by atoms with van der Waals surface area (Å²) in [6.45, 7) is 0.352. The van der Waals surface area contributed by atoms with Gasteiger partial charge in [-0.15, -0.1) is 11.3 Å². The van der Waals surface area contributed by atoms with Crippen LogP contribution < -0.4 is 5.32 Å². The highest BCUT2D eigenvalue weighted by molar-refractivity contribution is 7.14. The summed E-state index contributed by atoms with van der Waals surface area (Å²) in [7, 11) is 0. The summed E-state index contributed by atoms with van der Waals surface area (Å²) >= 11 is 3.19. The lowest BCUT2D eigenvalue weighted by atomic mass is 10.2. The first-order valence-electron chi connectivity index (χ1n) is 6.64. The number of thiophene rings is 1. The predicted octanol–water partition coefficient (Wildman–Crippen LogP) is 2.30. The Labute approximate surface area is 125 Å². The van der Waals surface area contributed by atoms with Gasteiger partial charge in [0.2, 0.25) is 5.91 Å². The average Bonchev–Trinajstić information content (AvgIpc) is 2.96. The van der Waals surface area contributed by atoms with Gasteiger partial charge in [0.05, 0.1) is 18.2 Å². The molecule has 2 N–H and O–H groups in total. The quantitative estimate of drug-likeness (QED) is 0.861. The zero-order valence-corrected chi connectivity index (χ0v) is 12.5. The van der Waals surface area contributed by atoms with E-state index in [0.717, 1.165) is 29.1 Å². The highest BCUT2D eigenvalue weighted by atomic mass is 32.1. The number of aliphatic hydroxyl groups is 1. The van der Waals surface area contributed by atoms with Gasteiger partial charge in [0, 0.05) is 22.9 Å². The summed E-state index contributed by atoms with van der Waals surface area (Å²) < 4.78 is 0. The molecule has 0 bridgehead atoms. The Hall–Kier alpha value is -1.24. The molecule has 1 aliphatic rings. The van der Waals surface area contributed by atoms with E-state index in [1.807, 2.05) is 16.8 Å². The van der Waals surface area contributed by atoms with E-state index in [4.69, 9.17) is 0 Å². The van der Waals surface area contributed by atoms with E-state index in [0.29, 0.717) is 12.5 Å². The molecule has 0 aromatic carbocycles. The predicted molar refractivity (Wildman–Crippen MR) is 80.9 cm³/mol. The van der Waals surface area contributed by atoms with Crippen molar-refractivity contribution in [2.45, 2.75) is 25.4 Å². The van der Waals surface area contributed by atoms with Crippen molar-refractivity contribution < 1.29 is 9.90 Å². The maximum atomic E-state index is 11.8. The summed E-state index contributed by atoms with van der Waals surface area (Å²) in [4.78, 5) is 16.3. The van der Waals surface area contributed by atoms with Gasteiger partial charge in [0.15, 0.2) is 0 Å². The van der Waals surface area contributed by atoms with Crippen molar-refractivity contribution in [1.82, 2.24) is 10.3 Å². The van der Waals surface area contributed by atoms with Crippen LogP contribution in [0.3, 0.4) is 0 Å². The molecule has 20 heavy (non-hydrogen) atoms. The van der Waals surface area contributed by atoms with E-state index in [2.05, 4.69) is 15.7 Å². The third kappa shape index (κ3) is 3.45. The maximum Gasteiger partial charge on any atom is 0.226 e. The summed E-state index contributed by atoms with van der Waals surface area (Å²) in [5.41, 5.74) is 1.89. The first kappa shape index (κ1) is 13.7. The Morgan fingerprint density at radius 2 is 2.35 bits per heavy atom. The van der Waals surface area contributed by atoms with Crippen LogP contribution in [0.2, 0.25) is 0 Å². The molecule has 2 heterocycles. The number of hydrogen-bond donors (Lipinski definition) is 2. The fourth-order valence-corrected chi connectivity index (χ4v) is 3.53. The SMILES string of the molecule is O=C(Cc1csc(-c2ccsc2)n1)NCC(O)C1CC1. The van der Waals surface area contributed by atoms with Gasteiger partial charge < -0.3 is 10.4 Å². The molecule has 0 spiro atoms. The Morgan fingerprint density at radius 3 is 3.05 bits per heavy atom. The van der Waals surface area contributed by atoms with Gasteiger partial charge in [-0.2, -0.15) is 11.3 Å². The van der Waals surface area contributed by atoms with Crippen LogP contribution in [0.5, 0.6) is 0 Å². The Bertz CT molecular complexity index is 576. The molecule has 0 saturated heterocycles. The van der Waals surface area contributed by atoms with Crippen LogP contribution in [0.25, 0.3) is 10.6 Å². The number of rotatable bonds is 6. The first-order chi connectivity index (χ1) is 9.72. The van der Waals surface area contributed by atoms with Gasteiger partial charge in [0.1, 0.15) is 5.01 Å². The summed E-state index contributed by atoms with van der Waals surface area (Å²) in [6.07, 6.45) is 2.04. The largest absolute Gasteiger partial charge is 0.391 e. The second-order valence-electron chi connectivity index (χ2n) is 5.04. The minimum Gasteiger partial charge on any atom is -0.391 e. The van der Waals surface area contributed by atoms with E-state index < -0.39 is 6.10 Å². The monoisotopic (exact) mass is 308 g/mol. The molecule has 1 amide bonds. The highest BCUT2D eigenvalue weighted by Crippen LogP contribution is 2.32. The number of carbonyl (C=O) groups excluding carboxylic acids is 1. The molecule has 2 aromatic rings. The van der Waals surface area contributed by atoms with E-state index in [-0.39, 0.29) is 12.3 Å². The van der Waals surface area contributed by atoms with Gasteiger partial charge in [-0.3, -0.25) is 4.79 Å². The minimum absolute atomic E-state index is 0.0770. The molecule has 3 rings (SSSR count). The fraction of sp³-hybridized carbons (Fsp3) is 0.429. The number of thiazole rings is 1. The summed E-state index contributed by atoms with van der Waals surface area (Å²) in [5.74, 6) is 0.312. The van der Waals surface area contributed by atoms with Crippen LogP contribution in [-0.2, 0) is 11.2 Å². The number of carbonyl (C=O) groups is 1. The molecular formula is C14H16N2O2S2. The number of hydrogen-bond acceptors (Lipinski definition) is 5. The molecule has 1 aliphatic carbocycles. The van der Waals surface area contributed by atoms with Crippen LogP contribution in [0, 0.1) is 5.92 Å². The highest BCUT2D eigenvalue weighted by Gasteiger charge is 2.29. The lowest BCUT2D eigenvalue weighted by Crippen LogP contribution is -2.34. The van der Waals surface area contributed by atoms with Gasteiger partial charge in [0.25, 0.3) is 0 Å². The molecule has 0 radical (unpaired) electrons. The number of aromatic nitrogens is 1. The Balaban J connectivity index is 1.51. The molecule has 106 valence electrons. The van der Waals surface area contributed by atoms with Crippen molar-refractivity contribution in [3.63, 3.8) is 0 Å². The van der Waals surface area contributed by atoms with Crippen LogP contribution in [0.15, 0.2) is 22.2 Å². The Morgan fingerprint density at radius 1 is 1.50 bits per heavy atom. The molecule has 4 nitrogen and oxygen atoms in total. The molecule has 2 aromatic heterocycles. The van der Waals surface area contributed by atoms with Crippen LogP contribution in [0.4, 0.5) is 0 Å². The summed E-state index contributed by atoms with van der Waals surface area (Å²) in [5, 5.41) is 19.4. The van der Waals surface area contributed by atoms with Crippen LogP contribution >= 0.6 is 22.7 Å². The Kier molecular flexibility index (Phi) is 4.14. The topological polar surface area (TPSA) is 62.2 Å². The average molecular weight is 308 g/mol. The van der Waals surface area contributed by atoms with E-state index in [1.165, 1.54) is 0 Å². The van der Waals surface area contributed by atoms with Gasteiger partial charge in [-0.1, -0.05) is 0 Å². The molecule has 6 heteroatoms. The fourth-order valence-electron chi connectivity index (χ4n) is 2.00. The normalized spacial score (nSPS) is 16.1. The van der Waals surface area contributed by atoms with Crippen molar-refractivity contribution in [2.75, 3.05) is 6.54 Å². The maximum absolute atomic E-state index is 11.8. The van der Waals surface area contributed by atoms with E-state index in [9.17, 15) is 9.90 Å².